The number of carbonyl (C=O) groups is 2. The van der Waals surface area contributed by atoms with Crippen LogP contribution in [0.1, 0.15) is 114 Å². The molecule has 11 heteroatoms. The molecule has 0 spiro atoms. The van der Waals surface area contributed by atoms with Gasteiger partial charge >= 0.3 is 0 Å². The summed E-state index contributed by atoms with van der Waals surface area (Å²) in [5.74, 6) is 0.323. The summed E-state index contributed by atoms with van der Waals surface area (Å²) >= 11 is 0. The topological polar surface area (TPSA) is 121 Å². The van der Waals surface area contributed by atoms with Crippen molar-refractivity contribution in [1.82, 2.24) is 13.9 Å². The molecule has 0 radical (unpaired) electrons. The van der Waals surface area contributed by atoms with E-state index in [1.165, 1.54) is 30.0 Å². The Balaban J connectivity index is 1.61. The zero-order chi connectivity index (χ0) is 34.8. The third kappa shape index (κ3) is 14.1. The standard InChI is InChI=1S/C37H57N3O6S2/c1-32-19-23-35(24-20-32)47(43,44)38-27-12-13-30-40(48(45,46)36-25-21-33(2)22-26-36)31-15-29-39-28-14-17-34(41)16-10-8-6-4-3-5-7-9-11-18-37(39)42/h19-26,38H,3-18,27-31H2,1-2H3. The van der Waals surface area contributed by atoms with Crippen molar-refractivity contribution in [2.75, 3.05) is 32.7 Å². The number of nitrogens with one attached hydrogen (secondary N) is 1. The van der Waals surface area contributed by atoms with E-state index in [4.69, 9.17) is 0 Å². The van der Waals surface area contributed by atoms with Gasteiger partial charge in [-0.3, -0.25) is 9.59 Å². The lowest BCUT2D eigenvalue weighted by molar-refractivity contribution is -0.132. The highest BCUT2D eigenvalue weighted by atomic mass is 32.2. The van der Waals surface area contributed by atoms with Crippen LogP contribution in [-0.2, 0) is 29.6 Å². The number of rotatable bonds is 13. The molecular formula is C37H57N3O6S2. The molecule has 0 aromatic heterocycles. The Morgan fingerprint density at radius 2 is 1.12 bits per heavy atom. The van der Waals surface area contributed by atoms with Crippen LogP contribution < -0.4 is 4.72 Å². The van der Waals surface area contributed by atoms with Crippen LogP contribution in [0.5, 0.6) is 0 Å². The zero-order valence-electron chi connectivity index (χ0n) is 29.1. The van der Waals surface area contributed by atoms with E-state index in [1.54, 1.807) is 48.5 Å². The fraction of sp³-hybridized carbons (Fsp3) is 0.622. The van der Waals surface area contributed by atoms with Crippen molar-refractivity contribution >= 4 is 31.7 Å². The molecule has 1 aliphatic heterocycles. The number of amides is 1. The van der Waals surface area contributed by atoms with Crippen molar-refractivity contribution in [3.63, 3.8) is 0 Å². The van der Waals surface area contributed by atoms with Crippen LogP contribution in [0.4, 0.5) is 0 Å². The Labute approximate surface area is 290 Å². The van der Waals surface area contributed by atoms with Gasteiger partial charge in [-0.1, -0.05) is 80.3 Å². The second-order valence-electron chi connectivity index (χ2n) is 13.2. The minimum Gasteiger partial charge on any atom is -0.343 e. The number of carbonyl (C=O) groups excluding carboxylic acids is 2. The Kier molecular flexibility index (Phi) is 17.3. The lowest BCUT2D eigenvalue weighted by atomic mass is 10.0. The van der Waals surface area contributed by atoms with Crippen LogP contribution in [0.2, 0.25) is 0 Å². The molecule has 3 rings (SSSR count). The van der Waals surface area contributed by atoms with Gasteiger partial charge in [0.05, 0.1) is 9.79 Å². The smallest absolute Gasteiger partial charge is 0.243 e. The van der Waals surface area contributed by atoms with E-state index in [1.807, 2.05) is 18.7 Å². The summed E-state index contributed by atoms with van der Waals surface area (Å²) in [7, 11) is -7.46. The average molecular weight is 704 g/mol. The highest BCUT2D eigenvalue weighted by Gasteiger charge is 2.25. The fourth-order valence-corrected chi connectivity index (χ4v) is 8.61. The molecule has 1 fully saturated rings. The first-order chi connectivity index (χ1) is 23.0. The van der Waals surface area contributed by atoms with E-state index in [2.05, 4.69) is 4.72 Å². The van der Waals surface area contributed by atoms with Crippen molar-refractivity contribution in [1.29, 1.82) is 0 Å². The number of unbranched alkanes of at least 4 members (excludes halogenated alkanes) is 1. The molecule has 2 aromatic carbocycles. The number of nitrogens with zero attached hydrogens (tertiary/aromatic N) is 2. The van der Waals surface area contributed by atoms with Gasteiger partial charge in [0.25, 0.3) is 0 Å². The predicted molar refractivity (Wildman–Crippen MR) is 192 cm³/mol. The molecule has 1 heterocycles. The molecular weight excluding hydrogens is 647 g/mol. The lowest BCUT2D eigenvalue weighted by Gasteiger charge is -2.26. The second-order valence-corrected chi connectivity index (χ2v) is 16.9. The van der Waals surface area contributed by atoms with Crippen molar-refractivity contribution in [2.45, 2.75) is 126 Å². The number of benzene rings is 2. The van der Waals surface area contributed by atoms with Crippen LogP contribution in [-0.4, -0.2) is 70.5 Å². The number of hydrogen-bond donors (Lipinski definition) is 1. The summed E-state index contributed by atoms with van der Waals surface area (Å²) < 4.78 is 56.9. The van der Waals surface area contributed by atoms with Crippen molar-refractivity contribution in [3.8, 4) is 0 Å². The number of aryl methyl sites for hydroxylation is 2. The number of Topliss-reactive ketones (excluding diaryl/α,β-unsaturated/α-hetero) is 1. The molecule has 1 amide bonds. The Bertz CT molecular complexity index is 1480. The molecule has 2 aromatic rings. The molecule has 0 atom stereocenters. The van der Waals surface area contributed by atoms with Crippen LogP contribution >= 0.6 is 0 Å². The third-order valence-electron chi connectivity index (χ3n) is 9.03. The van der Waals surface area contributed by atoms with Gasteiger partial charge in [-0.05, 0) is 76.6 Å². The molecule has 0 aliphatic carbocycles. The van der Waals surface area contributed by atoms with Crippen LogP contribution in [0.25, 0.3) is 0 Å². The molecule has 0 saturated carbocycles. The lowest BCUT2D eigenvalue weighted by Crippen LogP contribution is -2.37. The summed E-state index contributed by atoms with van der Waals surface area (Å²) in [5.41, 5.74) is 1.93. The molecule has 9 nitrogen and oxygen atoms in total. The highest BCUT2D eigenvalue weighted by molar-refractivity contribution is 7.89. The molecule has 268 valence electrons. The molecule has 48 heavy (non-hydrogen) atoms. The fourth-order valence-electron chi connectivity index (χ4n) is 6.02. The number of sulfonamides is 2. The average Bonchev–Trinajstić information content (AvgIpc) is 3.05. The minimum atomic E-state index is -3.81. The minimum absolute atomic E-state index is 0.0700. The summed E-state index contributed by atoms with van der Waals surface area (Å²) in [6, 6.07) is 13.4. The summed E-state index contributed by atoms with van der Waals surface area (Å²) in [5, 5.41) is 0. The first-order valence-corrected chi connectivity index (χ1v) is 20.8. The largest absolute Gasteiger partial charge is 0.343 e. The maximum atomic E-state index is 13.8. The normalized spacial score (nSPS) is 17.0. The Morgan fingerprint density at radius 3 is 1.73 bits per heavy atom. The van der Waals surface area contributed by atoms with Crippen molar-refractivity contribution in [2.24, 2.45) is 0 Å². The number of hydrogen-bond acceptors (Lipinski definition) is 6. The maximum absolute atomic E-state index is 13.8. The molecule has 1 aliphatic rings. The van der Waals surface area contributed by atoms with E-state index in [-0.39, 0.29) is 41.1 Å². The van der Waals surface area contributed by atoms with Gasteiger partial charge in [0.15, 0.2) is 0 Å². The summed E-state index contributed by atoms with van der Waals surface area (Å²) in [6.07, 6.45) is 13.4. The molecule has 1 saturated heterocycles. The van der Waals surface area contributed by atoms with Crippen molar-refractivity contribution < 1.29 is 26.4 Å². The molecule has 0 bridgehead atoms. The SMILES string of the molecule is Cc1ccc(S(=O)(=O)NCCCCN(CCCN2CCCC(=O)CCCCCCCCCCCC2=O)S(=O)(=O)c2ccc(C)cc2)cc1. The van der Waals surface area contributed by atoms with Gasteiger partial charge in [-0.15, -0.1) is 0 Å². The monoisotopic (exact) mass is 703 g/mol. The molecule has 0 unspecified atom stereocenters. The number of ketones is 1. The van der Waals surface area contributed by atoms with E-state index in [9.17, 15) is 26.4 Å². The van der Waals surface area contributed by atoms with Crippen LogP contribution in [0.3, 0.4) is 0 Å². The summed E-state index contributed by atoms with van der Waals surface area (Å²) in [4.78, 5) is 28.0. The Hall–Kier alpha value is -2.60. The molecule has 1 N–H and O–H groups in total. The maximum Gasteiger partial charge on any atom is 0.243 e. The van der Waals surface area contributed by atoms with Gasteiger partial charge in [0.1, 0.15) is 5.78 Å². The summed E-state index contributed by atoms with van der Waals surface area (Å²) in [6.45, 7) is 5.36. The first kappa shape index (κ1) is 39.8. The first-order valence-electron chi connectivity index (χ1n) is 17.9. The quantitative estimate of drug-likeness (QED) is 0.226. The van der Waals surface area contributed by atoms with E-state index in [0.717, 1.165) is 43.2 Å². The van der Waals surface area contributed by atoms with Crippen molar-refractivity contribution in [3.05, 3.63) is 59.7 Å². The van der Waals surface area contributed by atoms with Gasteiger partial charge in [0.2, 0.25) is 26.0 Å². The second kappa shape index (κ2) is 20.8. The van der Waals surface area contributed by atoms with Gasteiger partial charge in [0, 0.05) is 52.0 Å². The Morgan fingerprint density at radius 1 is 0.625 bits per heavy atom. The van der Waals surface area contributed by atoms with Gasteiger partial charge < -0.3 is 4.90 Å². The van der Waals surface area contributed by atoms with Gasteiger partial charge in [-0.25, -0.2) is 21.6 Å². The van der Waals surface area contributed by atoms with Crippen LogP contribution in [0, 0.1) is 13.8 Å². The zero-order valence-corrected chi connectivity index (χ0v) is 30.8. The highest BCUT2D eigenvalue weighted by Crippen LogP contribution is 2.19. The predicted octanol–water partition coefficient (Wildman–Crippen LogP) is 6.93. The third-order valence-corrected chi connectivity index (χ3v) is 12.4. The van der Waals surface area contributed by atoms with E-state index < -0.39 is 20.0 Å². The van der Waals surface area contributed by atoms with E-state index in [0.29, 0.717) is 58.0 Å². The van der Waals surface area contributed by atoms with Gasteiger partial charge in [-0.2, -0.15) is 4.31 Å². The van der Waals surface area contributed by atoms with Crippen LogP contribution in [0.15, 0.2) is 58.3 Å². The van der Waals surface area contributed by atoms with E-state index >= 15 is 0 Å².